The Morgan fingerprint density at radius 3 is 2.36 bits per heavy atom. The average Bonchev–Trinajstić information content (AvgIpc) is 2.96. The fourth-order valence-electron chi connectivity index (χ4n) is 3.09. The van der Waals surface area contributed by atoms with Crippen molar-refractivity contribution in [2.45, 2.75) is 13.8 Å². The molecule has 6 heteroatoms. The van der Waals surface area contributed by atoms with E-state index < -0.39 is 0 Å². The summed E-state index contributed by atoms with van der Waals surface area (Å²) >= 11 is 0. The zero-order valence-corrected chi connectivity index (χ0v) is 15.9. The Balaban J connectivity index is 1.53. The van der Waals surface area contributed by atoms with Crippen LogP contribution >= 0.6 is 0 Å². The van der Waals surface area contributed by atoms with Crippen molar-refractivity contribution in [1.82, 2.24) is 14.8 Å². The summed E-state index contributed by atoms with van der Waals surface area (Å²) < 4.78 is 7.50. The molecular formula is C22H20N4O2. The maximum absolute atomic E-state index is 12.8. The lowest BCUT2D eigenvalue weighted by Crippen LogP contribution is -2.14. The molecule has 4 rings (SSSR count). The van der Waals surface area contributed by atoms with Crippen LogP contribution in [-0.2, 0) is 7.05 Å². The summed E-state index contributed by atoms with van der Waals surface area (Å²) in [6.07, 6.45) is 0. The van der Waals surface area contributed by atoms with Crippen molar-refractivity contribution >= 4 is 22.6 Å². The van der Waals surface area contributed by atoms with E-state index in [9.17, 15) is 4.79 Å². The first-order valence-electron chi connectivity index (χ1n) is 8.96. The Morgan fingerprint density at radius 1 is 0.964 bits per heavy atom. The number of hydrogen-bond acceptors (Lipinski definition) is 4. The van der Waals surface area contributed by atoms with E-state index in [0.717, 1.165) is 22.5 Å². The molecule has 28 heavy (non-hydrogen) atoms. The van der Waals surface area contributed by atoms with E-state index in [2.05, 4.69) is 15.4 Å². The molecule has 2 aromatic heterocycles. The third-order valence-electron chi connectivity index (χ3n) is 4.53. The molecule has 0 unspecified atom stereocenters. The molecule has 6 nitrogen and oxygen atoms in total. The average molecular weight is 372 g/mol. The Morgan fingerprint density at radius 2 is 1.64 bits per heavy atom. The molecule has 0 atom stereocenters. The van der Waals surface area contributed by atoms with Crippen LogP contribution in [0.4, 0.5) is 5.69 Å². The van der Waals surface area contributed by atoms with Crippen molar-refractivity contribution in [3.05, 3.63) is 77.6 Å². The third-order valence-corrected chi connectivity index (χ3v) is 4.53. The van der Waals surface area contributed by atoms with Gasteiger partial charge in [-0.05, 0) is 56.3 Å². The number of fused-ring (bicyclic) bond motifs is 1. The van der Waals surface area contributed by atoms with Gasteiger partial charge in [-0.15, -0.1) is 0 Å². The van der Waals surface area contributed by atoms with Crippen molar-refractivity contribution in [2.24, 2.45) is 7.05 Å². The lowest BCUT2D eigenvalue weighted by Gasteiger charge is -2.09. The van der Waals surface area contributed by atoms with Crippen LogP contribution in [0.5, 0.6) is 11.5 Å². The van der Waals surface area contributed by atoms with E-state index in [4.69, 9.17) is 4.74 Å². The lowest BCUT2D eigenvalue weighted by atomic mass is 10.1. The van der Waals surface area contributed by atoms with Gasteiger partial charge in [0.2, 0.25) is 0 Å². The Hall–Kier alpha value is -3.67. The first-order chi connectivity index (χ1) is 13.5. The molecule has 0 bridgehead atoms. The lowest BCUT2D eigenvalue weighted by molar-refractivity contribution is 0.102. The summed E-state index contributed by atoms with van der Waals surface area (Å²) in [6.45, 7) is 3.74. The topological polar surface area (TPSA) is 69.0 Å². The number of rotatable bonds is 4. The second-order valence-corrected chi connectivity index (χ2v) is 6.60. The first kappa shape index (κ1) is 17.7. The number of pyridine rings is 1. The molecule has 0 aliphatic heterocycles. The monoisotopic (exact) mass is 372 g/mol. The zero-order chi connectivity index (χ0) is 19.7. The predicted octanol–water partition coefficient (Wildman–Crippen LogP) is 4.63. The normalized spacial score (nSPS) is 10.8. The highest BCUT2D eigenvalue weighted by molar-refractivity contribution is 6.06. The fraction of sp³-hybridized carbons (Fsp3) is 0.136. The molecule has 0 saturated carbocycles. The molecule has 0 fully saturated rings. The van der Waals surface area contributed by atoms with E-state index in [1.165, 1.54) is 0 Å². The van der Waals surface area contributed by atoms with Crippen LogP contribution in [0, 0.1) is 13.8 Å². The number of benzene rings is 2. The van der Waals surface area contributed by atoms with Crippen LogP contribution < -0.4 is 10.1 Å². The minimum Gasteiger partial charge on any atom is -0.457 e. The maximum atomic E-state index is 12.8. The summed E-state index contributed by atoms with van der Waals surface area (Å²) in [5, 5.41) is 8.17. The Kier molecular flexibility index (Phi) is 4.53. The zero-order valence-electron chi connectivity index (χ0n) is 15.9. The van der Waals surface area contributed by atoms with Crippen LogP contribution in [0.3, 0.4) is 0 Å². The largest absolute Gasteiger partial charge is 0.457 e. The van der Waals surface area contributed by atoms with Gasteiger partial charge in [0.05, 0.1) is 17.0 Å². The van der Waals surface area contributed by atoms with E-state index in [1.54, 1.807) is 4.68 Å². The highest BCUT2D eigenvalue weighted by atomic mass is 16.5. The quantitative estimate of drug-likeness (QED) is 0.567. The summed E-state index contributed by atoms with van der Waals surface area (Å²) in [6, 6.07) is 18.7. The van der Waals surface area contributed by atoms with Crippen molar-refractivity contribution in [3.63, 3.8) is 0 Å². The molecule has 0 aliphatic carbocycles. The van der Waals surface area contributed by atoms with Gasteiger partial charge in [-0.25, -0.2) is 4.98 Å². The van der Waals surface area contributed by atoms with Gasteiger partial charge in [0.25, 0.3) is 5.91 Å². The number of carbonyl (C=O) groups is 1. The van der Waals surface area contributed by atoms with Gasteiger partial charge >= 0.3 is 0 Å². The van der Waals surface area contributed by atoms with Crippen LogP contribution in [-0.4, -0.2) is 20.7 Å². The van der Waals surface area contributed by atoms with Gasteiger partial charge in [-0.1, -0.05) is 18.2 Å². The van der Waals surface area contributed by atoms with Crippen molar-refractivity contribution in [3.8, 4) is 11.5 Å². The summed E-state index contributed by atoms with van der Waals surface area (Å²) in [4.78, 5) is 17.3. The second-order valence-electron chi connectivity index (χ2n) is 6.60. The minimum atomic E-state index is -0.202. The van der Waals surface area contributed by atoms with Crippen LogP contribution in [0.2, 0.25) is 0 Å². The molecule has 140 valence electrons. The number of aromatic nitrogens is 3. The summed E-state index contributed by atoms with van der Waals surface area (Å²) in [7, 11) is 1.85. The SMILES string of the molecule is Cc1nc2c(cc1C(=O)Nc1ccc(Oc3ccccc3)cc1)c(C)nn2C. The molecule has 0 radical (unpaired) electrons. The predicted molar refractivity (Wildman–Crippen MR) is 109 cm³/mol. The minimum absolute atomic E-state index is 0.202. The molecule has 0 aliphatic rings. The summed E-state index contributed by atoms with van der Waals surface area (Å²) in [5.74, 6) is 1.27. The molecule has 1 amide bonds. The van der Waals surface area contributed by atoms with Crippen LogP contribution in [0.1, 0.15) is 21.7 Å². The molecule has 0 saturated heterocycles. The standard InChI is InChI=1S/C22H20N4O2/c1-14-20(13-19-15(2)25-26(3)21(19)23-14)22(27)24-16-9-11-18(12-10-16)28-17-7-5-4-6-8-17/h4-13H,1-3H3,(H,24,27). The molecule has 4 aromatic rings. The fourth-order valence-corrected chi connectivity index (χ4v) is 3.09. The highest BCUT2D eigenvalue weighted by Gasteiger charge is 2.15. The van der Waals surface area contributed by atoms with Gasteiger partial charge in [0.15, 0.2) is 5.65 Å². The molecule has 2 aromatic carbocycles. The van der Waals surface area contributed by atoms with Gasteiger partial charge in [0.1, 0.15) is 11.5 Å². The highest BCUT2D eigenvalue weighted by Crippen LogP contribution is 2.24. The number of ether oxygens (including phenoxy) is 1. The van der Waals surface area contributed by atoms with E-state index in [1.807, 2.05) is 81.6 Å². The molecular weight excluding hydrogens is 352 g/mol. The van der Waals surface area contributed by atoms with E-state index in [-0.39, 0.29) is 5.91 Å². The number of carbonyl (C=O) groups excluding carboxylic acids is 1. The number of para-hydroxylation sites is 1. The number of nitrogens with zero attached hydrogens (tertiary/aromatic N) is 3. The van der Waals surface area contributed by atoms with Crippen LogP contribution in [0.15, 0.2) is 60.7 Å². The number of nitrogens with one attached hydrogen (secondary N) is 1. The van der Waals surface area contributed by atoms with Gasteiger partial charge in [-0.2, -0.15) is 5.10 Å². The number of amides is 1. The van der Waals surface area contributed by atoms with Gasteiger partial charge in [0, 0.05) is 18.1 Å². The van der Waals surface area contributed by atoms with E-state index in [0.29, 0.717) is 22.7 Å². The van der Waals surface area contributed by atoms with Gasteiger partial charge in [-0.3, -0.25) is 9.48 Å². The molecule has 0 spiro atoms. The molecule has 2 heterocycles. The van der Waals surface area contributed by atoms with Gasteiger partial charge < -0.3 is 10.1 Å². The number of hydrogen-bond donors (Lipinski definition) is 1. The summed E-state index contributed by atoms with van der Waals surface area (Å²) in [5.41, 5.74) is 3.51. The number of anilines is 1. The first-order valence-corrected chi connectivity index (χ1v) is 8.96. The second kappa shape index (κ2) is 7.15. The number of aryl methyl sites for hydroxylation is 3. The van der Waals surface area contributed by atoms with E-state index >= 15 is 0 Å². The third kappa shape index (κ3) is 3.44. The smallest absolute Gasteiger partial charge is 0.257 e. The Bertz CT molecular complexity index is 1150. The van der Waals surface area contributed by atoms with Crippen molar-refractivity contribution in [1.29, 1.82) is 0 Å². The van der Waals surface area contributed by atoms with Crippen LogP contribution in [0.25, 0.3) is 11.0 Å². The van der Waals surface area contributed by atoms with Crippen molar-refractivity contribution in [2.75, 3.05) is 5.32 Å². The maximum Gasteiger partial charge on any atom is 0.257 e. The molecule has 1 N–H and O–H groups in total. The Labute approximate surface area is 162 Å². The van der Waals surface area contributed by atoms with Crippen molar-refractivity contribution < 1.29 is 9.53 Å².